The van der Waals surface area contributed by atoms with Gasteiger partial charge in [0.15, 0.2) is 0 Å². The van der Waals surface area contributed by atoms with Crippen LogP contribution < -0.4 is 9.47 Å². The second-order valence-electron chi connectivity index (χ2n) is 5.66. The van der Waals surface area contributed by atoms with Crippen molar-refractivity contribution >= 4 is 11.8 Å². The Labute approximate surface area is 157 Å². The number of thioether (sulfide) groups is 1. The first-order valence-corrected chi connectivity index (χ1v) is 9.23. The molecule has 0 spiro atoms. The molecule has 0 radical (unpaired) electrons. The lowest BCUT2D eigenvalue weighted by Gasteiger charge is -2.13. The Bertz CT molecular complexity index is 789. The largest absolute Gasteiger partial charge is 0.508 e. The lowest BCUT2D eigenvalue weighted by Crippen LogP contribution is -2.19. The summed E-state index contributed by atoms with van der Waals surface area (Å²) in [5.41, 5.74) is 0. The van der Waals surface area contributed by atoms with Crippen LogP contribution in [0.1, 0.15) is 0 Å². The van der Waals surface area contributed by atoms with E-state index < -0.39 is 6.10 Å². The number of phenolic OH excluding ortho intramolecular Hbond substituents is 1. The second-order valence-corrected chi connectivity index (χ2v) is 6.75. The lowest BCUT2D eigenvalue weighted by atomic mass is 10.3. The molecule has 1 unspecified atom stereocenters. The predicted molar refractivity (Wildman–Crippen MR) is 103 cm³/mol. The molecule has 0 aliphatic rings. The molecule has 134 valence electrons. The molecule has 2 N–H and O–H groups in total. The van der Waals surface area contributed by atoms with E-state index in [0.717, 1.165) is 16.4 Å². The van der Waals surface area contributed by atoms with Crippen molar-refractivity contribution in [2.24, 2.45) is 0 Å². The molecule has 26 heavy (non-hydrogen) atoms. The maximum atomic E-state index is 10.1. The highest BCUT2D eigenvalue weighted by atomic mass is 32.2. The molecule has 0 amide bonds. The molecular formula is C21H20O4S. The molecule has 0 bridgehead atoms. The van der Waals surface area contributed by atoms with E-state index in [2.05, 4.69) is 0 Å². The molecular weight excluding hydrogens is 348 g/mol. The van der Waals surface area contributed by atoms with E-state index in [9.17, 15) is 10.2 Å². The minimum Gasteiger partial charge on any atom is -0.508 e. The second kappa shape index (κ2) is 9.17. The molecule has 0 aromatic heterocycles. The van der Waals surface area contributed by atoms with Crippen LogP contribution in [0, 0.1) is 0 Å². The first-order valence-electron chi connectivity index (χ1n) is 8.25. The average molecular weight is 368 g/mol. The summed E-state index contributed by atoms with van der Waals surface area (Å²) >= 11 is 1.51. The molecule has 0 saturated heterocycles. The lowest BCUT2D eigenvalue weighted by molar-refractivity contribution is 0.126. The van der Waals surface area contributed by atoms with Crippen molar-refractivity contribution in [3.63, 3.8) is 0 Å². The predicted octanol–water partition coefficient (Wildman–Crippen LogP) is 4.72. The van der Waals surface area contributed by atoms with E-state index in [1.54, 1.807) is 12.1 Å². The zero-order chi connectivity index (χ0) is 18.2. The Hall–Kier alpha value is -2.63. The molecule has 4 nitrogen and oxygen atoms in total. The maximum absolute atomic E-state index is 10.1. The number of aromatic hydroxyl groups is 1. The number of phenols is 1. The summed E-state index contributed by atoms with van der Waals surface area (Å²) in [6, 6.07) is 23.8. The van der Waals surface area contributed by atoms with Crippen LogP contribution in [0.15, 0.2) is 83.8 Å². The normalized spacial score (nSPS) is 11.7. The Morgan fingerprint density at radius 2 is 1.38 bits per heavy atom. The van der Waals surface area contributed by atoms with Crippen LogP contribution in [0.5, 0.6) is 23.0 Å². The van der Waals surface area contributed by atoms with Crippen molar-refractivity contribution in [2.75, 3.05) is 12.4 Å². The van der Waals surface area contributed by atoms with Gasteiger partial charge in [0.2, 0.25) is 0 Å². The highest BCUT2D eigenvalue weighted by Gasteiger charge is 2.07. The SMILES string of the molecule is Oc1ccc(SCC(O)COc2ccc(Oc3ccccc3)cc2)cc1. The molecule has 0 saturated carbocycles. The van der Waals surface area contributed by atoms with Crippen LogP contribution >= 0.6 is 11.8 Å². The van der Waals surface area contributed by atoms with Gasteiger partial charge in [0.25, 0.3) is 0 Å². The number of hydrogen-bond donors (Lipinski definition) is 2. The first kappa shape index (κ1) is 18.2. The molecule has 3 rings (SSSR count). The summed E-state index contributed by atoms with van der Waals surface area (Å²) < 4.78 is 11.4. The fourth-order valence-electron chi connectivity index (χ4n) is 2.20. The third-order valence-electron chi connectivity index (χ3n) is 3.52. The molecule has 3 aromatic rings. The fraction of sp³-hybridized carbons (Fsp3) is 0.143. The number of para-hydroxylation sites is 1. The zero-order valence-electron chi connectivity index (χ0n) is 14.1. The summed E-state index contributed by atoms with van der Waals surface area (Å²) in [5.74, 6) is 2.94. The monoisotopic (exact) mass is 368 g/mol. The van der Waals surface area contributed by atoms with Crippen LogP contribution in [0.4, 0.5) is 0 Å². The Morgan fingerprint density at radius 3 is 2.08 bits per heavy atom. The topological polar surface area (TPSA) is 58.9 Å². The minimum absolute atomic E-state index is 0.212. The van der Waals surface area contributed by atoms with Crippen LogP contribution in [0.3, 0.4) is 0 Å². The average Bonchev–Trinajstić information content (AvgIpc) is 2.68. The van der Waals surface area contributed by atoms with Gasteiger partial charge in [0.1, 0.15) is 29.6 Å². The molecule has 0 aliphatic carbocycles. The summed E-state index contributed by atoms with van der Waals surface area (Å²) in [5, 5.41) is 19.3. The number of rotatable bonds is 8. The van der Waals surface area contributed by atoms with E-state index in [4.69, 9.17) is 9.47 Å². The van der Waals surface area contributed by atoms with Gasteiger partial charge in [-0.3, -0.25) is 0 Å². The van der Waals surface area contributed by atoms with Crippen molar-refractivity contribution in [2.45, 2.75) is 11.0 Å². The van der Waals surface area contributed by atoms with Crippen LogP contribution in [-0.4, -0.2) is 28.7 Å². The molecule has 1 atom stereocenters. The van der Waals surface area contributed by atoms with Crippen LogP contribution in [-0.2, 0) is 0 Å². The Kier molecular flexibility index (Phi) is 6.41. The molecule has 0 fully saturated rings. The zero-order valence-corrected chi connectivity index (χ0v) is 14.9. The number of aliphatic hydroxyl groups excluding tert-OH is 1. The van der Waals surface area contributed by atoms with Gasteiger partial charge in [0.05, 0.1) is 6.10 Å². The van der Waals surface area contributed by atoms with Crippen LogP contribution in [0.2, 0.25) is 0 Å². The van der Waals surface area contributed by atoms with Gasteiger partial charge < -0.3 is 19.7 Å². The van der Waals surface area contributed by atoms with Gasteiger partial charge in [0, 0.05) is 10.6 Å². The number of aliphatic hydroxyl groups is 1. The highest BCUT2D eigenvalue weighted by molar-refractivity contribution is 7.99. The molecule has 0 heterocycles. The minimum atomic E-state index is -0.589. The van der Waals surface area contributed by atoms with E-state index in [1.807, 2.05) is 66.7 Å². The Morgan fingerprint density at radius 1 is 0.769 bits per heavy atom. The van der Waals surface area contributed by atoms with E-state index in [0.29, 0.717) is 11.5 Å². The molecule has 5 heteroatoms. The smallest absolute Gasteiger partial charge is 0.127 e. The van der Waals surface area contributed by atoms with Gasteiger partial charge in [-0.2, -0.15) is 0 Å². The van der Waals surface area contributed by atoms with Gasteiger partial charge in [-0.1, -0.05) is 18.2 Å². The summed E-state index contributed by atoms with van der Waals surface area (Å²) in [6.45, 7) is 0.212. The van der Waals surface area contributed by atoms with Crippen molar-refractivity contribution < 1.29 is 19.7 Å². The third-order valence-corrected chi connectivity index (χ3v) is 4.68. The molecule has 3 aromatic carbocycles. The van der Waals surface area contributed by atoms with Crippen molar-refractivity contribution in [1.29, 1.82) is 0 Å². The highest BCUT2D eigenvalue weighted by Crippen LogP contribution is 2.24. The summed E-state index contributed by atoms with van der Waals surface area (Å²) in [6.07, 6.45) is -0.589. The Balaban J connectivity index is 1.43. The van der Waals surface area contributed by atoms with E-state index in [1.165, 1.54) is 11.8 Å². The standard InChI is InChI=1S/C21H20O4S/c22-16-6-12-21(13-7-16)26-15-17(23)14-24-18-8-10-20(11-9-18)25-19-4-2-1-3-5-19/h1-13,17,22-23H,14-15H2. The van der Waals surface area contributed by atoms with Crippen LogP contribution in [0.25, 0.3) is 0 Å². The maximum Gasteiger partial charge on any atom is 0.127 e. The fourth-order valence-corrected chi connectivity index (χ4v) is 3.01. The van der Waals surface area contributed by atoms with Crippen molar-refractivity contribution in [3.8, 4) is 23.0 Å². The summed E-state index contributed by atoms with van der Waals surface area (Å²) in [7, 11) is 0. The van der Waals surface area contributed by atoms with E-state index >= 15 is 0 Å². The molecule has 0 aliphatic heterocycles. The number of ether oxygens (including phenoxy) is 2. The van der Waals surface area contributed by atoms with Crippen molar-refractivity contribution in [1.82, 2.24) is 0 Å². The quantitative estimate of drug-likeness (QED) is 0.564. The van der Waals surface area contributed by atoms with Gasteiger partial charge >= 0.3 is 0 Å². The van der Waals surface area contributed by atoms with Gasteiger partial charge in [-0.05, 0) is 60.7 Å². The van der Waals surface area contributed by atoms with Gasteiger partial charge in [-0.25, -0.2) is 0 Å². The van der Waals surface area contributed by atoms with Gasteiger partial charge in [-0.15, -0.1) is 11.8 Å². The van der Waals surface area contributed by atoms with Crippen molar-refractivity contribution in [3.05, 3.63) is 78.9 Å². The number of benzene rings is 3. The third kappa shape index (κ3) is 5.72. The number of hydrogen-bond acceptors (Lipinski definition) is 5. The first-order chi connectivity index (χ1) is 12.7. The van der Waals surface area contributed by atoms with E-state index in [-0.39, 0.29) is 12.4 Å². The summed E-state index contributed by atoms with van der Waals surface area (Å²) in [4.78, 5) is 0.990.